The quantitative estimate of drug-likeness (QED) is 0.699. The second-order valence-corrected chi connectivity index (χ2v) is 9.86. The van der Waals surface area contributed by atoms with E-state index in [-0.39, 0.29) is 11.5 Å². The lowest BCUT2D eigenvalue weighted by molar-refractivity contribution is -0.128. The summed E-state index contributed by atoms with van der Waals surface area (Å²) in [6, 6.07) is 0. The molecule has 2 aromatic rings. The molecule has 0 unspecified atom stereocenters. The number of fused-ring (bicyclic) bond motifs is 3. The minimum atomic E-state index is 0.138. The van der Waals surface area contributed by atoms with Gasteiger partial charge in [-0.2, -0.15) is 11.8 Å². The van der Waals surface area contributed by atoms with E-state index in [1.807, 2.05) is 15.7 Å². The number of hydrogen-bond donors (Lipinski definition) is 0. The van der Waals surface area contributed by atoms with Crippen molar-refractivity contribution in [2.45, 2.75) is 52.0 Å². The van der Waals surface area contributed by atoms with Crippen LogP contribution in [0, 0.1) is 0 Å². The van der Waals surface area contributed by atoms with E-state index in [2.05, 4.69) is 11.8 Å². The first-order valence-corrected chi connectivity index (χ1v) is 12.9. The van der Waals surface area contributed by atoms with Gasteiger partial charge in [0.1, 0.15) is 4.83 Å². The largest absolute Gasteiger partial charge is 0.339 e. The van der Waals surface area contributed by atoms with Crippen molar-refractivity contribution in [1.29, 1.82) is 0 Å². The van der Waals surface area contributed by atoms with Gasteiger partial charge in [-0.3, -0.25) is 14.2 Å². The van der Waals surface area contributed by atoms with Gasteiger partial charge in [0.25, 0.3) is 5.56 Å². The van der Waals surface area contributed by atoms with Crippen molar-refractivity contribution in [2.75, 3.05) is 43.1 Å². The fraction of sp³-hybridized carbons (Fsp3) is 0.667. The summed E-state index contributed by atoms with van der Waals surface area (Å²) in [6.45, 7) is 5.72. The highest BCUT2D eigenvalue weighted by Crippen LogP contribution is 2.34. The lowest BCUT2D eigenvalue weighted by Crippen LogP contribution is -2.50. The first-order chi connectivity index (χ1) is 14.1. The zero-order chi connectivity index (χ0) is 20.4. The van der Waals surface area contributed by atoms with Crippen molar-refractivity contribution < 1.29 is 4.79 Å². The Morgan fingerprint density at radius 1 is 1.17 bits per heavy atom. The summed E-state index contributed by atoms with van der Waals surface area (Å²) in [5.41, 5.74) is 1.40. The average molecular weight is 435 g/mol. The molecule has 2 aliphatic rings. The number of hydrogen-bond acceptors (Lipinski definition) is 6. The molecule has 0 N–H and O–H groups in total. The normalized spacial score (nSPS) is 17.0. The van der Waals surface area contributed by atoms with Gasteiger partial charge in [-0.1, -0.05) is 13.3 Å². The summed E-state index contributed by atoms with van der Waals surface area (Å²) in [6.07, 6.45) is 8.44. The summed E-state index contributed by atoms with van der Waals surface area (Å²) in [4.78, 5) is 37.2. The Morgan fingerprint density at radius 2 is 1.93 bits per heavy atom. The molecule has 4 rings (SSSR count). The van der Waals surface area contributed by atoms with Crippen molar-refractivity contribution >= 4 is 45.2 Å². The molecule has 1 saturated heterocycles. The van der Waals surface area contributed by atoms with Crippen molar-refractivity contribution in [3.8, 4) is 0 Å². The molecule has 1 aliphatic heterocycles. The van der Waals surface area contributed by atoms with E-state index in [1.165, 1.54) is 23.3 Å². The molecule has 0 spiro atoms. The molecule has 8 heteroatoms. The summed E-state index contributed by atoms with van der Waals surface area (Å²) in [5.74, 6) is 1.54. The molecule has 1 aliphatic carbocycles. The number of rotatable bonds is 6. The number of amides is 1. The van der Waals surface area contributed by atoms with Crippen LogP contribution in [0.5, 0.6) is 0 Å². The summed E-state index contributed by atoms with van der Waals surface area (Å²) < 4.78 is 1.91. The predicted molar refractivity (Wildman–Crippen MR) is 123 cm³/mol. The molecule has 29 heavy (non-hydrogen) atoms. The van der Waals surface area contributed by atoms with Crippen LogP contribution in [0.2, 0.25) is 0 Å². The average Bonchev–Trinajstić information content (AvgIpc) is 3.12. The van der Waals surface area contributed by atoms with E-state index < -0.39 is 0 Å². The number of thiophene rings is 1. The summed E-state index contributed by atoms with van der Waals surface area (Å²) in [7, 11) is 0. The van der Waals surface area contributed by atoms with Crippen LogP contribution in [0.1, 0.15) is 43.0 Å². The Bertz CT molecular complexity index is 944. The SMILES string of the molecule is CCCCn1c(N2CCN(C(=O)CSC)CC2)nc2sc3c(c2c1=O)CCCC3. The van der Waals surface area contributed by atoms with Crippen molar-refractivity contribution in [3.05, 3.63) is 20.8 Å². The van der Waals surface area contributed by atoms with E-state index in [9.17, 15) is 9.59 Å². The number of nitrogens with zero attached hydrogens (tertiary/aromatic N) is 4. The van der Waals surface area contributed by atoms with Crippen LogP contribution >= 0.6 is 23.1 Å². The zero-order valence-electron chi connectivity index (χ0n) is 17.4. The molecule has 1 amide bonds. The Balaban J connectivity index is 1.68. The molecule has 158 valence electrons. The minimum absolute atomic E-state index is 0.138. The van der Waals surface area contributed by atoms with Crippen molar-refractivity contribution in [3.63, 3.8) is 0 Å². The Morgan fingerprint density at radius 3 is 2.66 bits per heavy atom. The second kappa shape index (κ2) is 9.08. The van der Waals surface area contributed by atoms with E-state index in [0.717, 1.165) is 54.9 Å². The van der Waals surface area contributed by atoms with E-state index in [1.54, 1.807) is 23.1 Å². The number of carbonyl (C=O) groups excluding carboxylic acids is 1. The fourth-order valence-corrected chi connectivity index (χ4v) is 6.03. The number of anilines is 1. The highest BCUT2D eigenvalue weighted by atomic mass is 32.2. The molecular weight excluding hydrogens is 404 g/mol. The number of carbonyl (C=O) groups is 1. The Labute approximate surface area is 180 Å². The van der Waals surface area contributed by atoms with E-state index >= 15 is 0 Å². The first-order valence-electron chi connectivity index (χ1n) is 10.7. The zero-order valence-corrected chi connectivity index (χ0v) is 19.0. The van der Waals surface area contributed by atoms with Crippen LogP contribution in [0.15, 0.2) is 4.79 Å². The number of thioether (sulfide) groups is 1. The van der Waals surface area contributed by atoms with Gasteiger partial charge in [-0.15, -0.1) is 11.3 Å². The Hall–Kier alpha value is -1.54. The molecule has 0 saturated carbocycles. The summed E-state index contributed by atoms with van der Waals surface area (Å²) >= 11 is 3.29. The molecular formula is C21H30N4O2S2. The van der Waals surface area contributed by atoms with E-state index in [4.69, 9.17) is 4.98 Å². The van der Waals surface area contributed by atoms with Crippen LogP contribution in [-0.2, 0) is 24.2 Å². The van der Waals surface area contributed by atoms with Gasteiger partial charge >= 0.3 is 0 Å². The third kappa shape index (κ3) is 4.06. The third-order valence-corrected chi connectivity index (χ3v) is 7.69. The molecule has 0 radical (unpaired) electrons. The minimum Gasteiger partial charge on any atom is -0.339 e. The maximum atomic E-state index is 13.5. The van der Waals surface area contributed by atoms with Gasteiger partial charge in [-0.25, -0.2) is 4.98 Å². The van der Waals surface area contributed by atoms with Gasteiger partial charge in [0.05, 0.1) is 11.1 Å². The smallest absolute Gasteiger partial charge is 0.263 e. The maximum absolute atomic E-state index is 13.5. The predicted octanol–water partition coefficient (Wildman–Crippen LogP) is 3.15. The number of piperazine rings is 1. The van der Waals surface area contributed by atoms with Crippen LogP contribution in [0.25, 0.3) is 10.2 Å². The van der Waals surface area contributed by atoms with Crippen molar-refractivity contribution in [1.82, 2.24) is 14.5 Å². The molecule has 0 atom stereocenters. The van der Waals surface area contributed by atoms with Gasteiger partial charge < -0.3 is 9.80 Å². The van der Waals surface area contributed by atoms with Gasteiger partial charge in [0.2, 0.25) is 11.9 Å². The van der Waals surface area contributed by atoms with Gasteiger partial charge in [-0.05, 0) is 43.9 Å². The molecule has 0 bridgehead atoms. The van der Waals surface area contributed by atoms with Crippen LogP contribution in [0.3, 0.4) is 0 Å². The van der Waals surface area contributed by atoms with E-state index in [0.29, 0.717) is 25.4 Å². The summed E-state index contributed by atoms with van der Waals surface area (Å²) in [5, 5.41) is 0.873. The first kappa shape index (κ1) is 20.7. The Kier molecular flexibility index (Phi) is 6.49. The maximum Gasteiger partial charge on any atom is 0.263 e. The van der Waals surface area contributed by atoms with Gasteiger partial charge in [0.15, 0.2) is 0 Å². The number of unbranched alkanes of at least 4 members (excludes halogenated alkanes) is 1. The number of aromatic nitrogens is 2. The van der Waals surface area contributed by atoms with Crippen LogP contribution < -0.4 is 10.5 Å². The fourth-order valence-electron chi connectivity index (χ4n) is 4.36. The molecule has 2 aromatic heterocycles. The van der Waals surface area contributed by atoms with Crippen LogP contribution in [-0.4, -0.2) is 58.5 Å². The monoisotopic (exact) mass is 434 g/mol. The van der Waals surface area contributed by atoms with Gasteiger partial charge in [0, 0.05) is 37.6 Å². The molecule has 0 aromatic carbocycles. The lowest BCUT2D eigenvalue weighted by atomic mass is 9.97. The van der Waals surface area contributed by atoms with Crippen molar-refractivity contribution in [2.24, 2.45) is 0 Å². The third-order valence-electron chi connectivity index (χ3n) is 5.97. The van der Waals surface area contributed by atoms with Crippen LogP contribution in [0.4, 0.5) is 5.95 Å². The number of aryl methyl sites for hydroxylation is 2. The molecule has 3 heterocycles. The molecule has 6 nitrogen and oxygen atoms in total. The second-order valence-electron chi connectivity index (χ2n) is 7.91. The molecule has 1 fully saturated rings. The highest BCUT2D eigenvalue weighted by molar-refractivity contribution is 7.99. The topological polar surface area (TPSA) is 58.4 Å². The standard InChI is InChI=1S/C21H30N4O2S2/c1-3-4-9-25-20(27)18-15-7-5-6-8-16(15)29-19(18)22-21(25)24-12-10-23(11-13-24)17(26)14-28-2/h3-14H2,1-2H3. The highest BCUT2D eigenvalue weighted by Gasteiger charge is 2.27. The lowest BCUT2D eigenvalue weighted by Gasteiger charge is -2.36.